The van der Waals surface area contributed by atoms with Crippen molar-refractivity contribution >= 4 is 11.9 Å². The van der Waals surface area contributed by atoms with E-state index in [0.29, 0.717) is 17.0 Å². The molecule has 0 spiro atoms. The molecular formula is C22H27N4NaO8. The van der Waals surface area contributed by atoms with E-state index in [9.17, 15) is 30.0 Å². The third-order valence-corrected chi connectivity index (χ3v) is 5.46. The molecule has 13 heteroatoms. The number of methoxy groups -OCH3 is 1. The van der Waals surface area contributed by atoms with Gasteiger partial charge in [-0.05, 0) is 18.2 Å². The number of aromatic nitrogens is 3. The van der Waals surface area contributed by atoms with Crippen molar-refractivity contribution in [1.82, 2.24) is 20.3 Å². The van der Waals surface area contributed by atoms with Gasteiger partial charge in [-0.3, -0.25) is 4.79 Å². The minimum absolute atomic E-state index is 0. The summed E-state index contributed by atoms with van der Waals surface area (Å²) in [6, 6.07) is 5.00. The first-order valence-electron chi connectivity index (χ1n) is 10.6. The summed E-state index contributed by atoms with van der Waals surface area (Å²) in [7, 11) is 1.51. The second-order valence-electron chi connectivity index (χ2n) is 8.11. The summed E-state index contributed by atoms with van der Waals surface area (Å²) < 4.78 is 12.1. The van der Waals surface area contributed by atoms with Gasteiger partial charge in [-0.15, -0.1) is 5.10 Å². The van der Waals surface area contributed by atoms with Crippen LogP contribution < -0.4 is 44.7 Å². The molecule has 4 N–H and O–H groups in total. The van der Waals surface area contributed by atoms with E-state index in [0.717, 1.165) is 0 Å². The Kier molecular flexibility index (Phi) is 10.2. The molecule has 12 nitrogen and oxygen atoms in total. The zero-order valence-corrected chi connectivity index (χ0v) is 21.9. The number of hydrogen-bond donors (Lipinski definition) is 4. The number of amides is 1. The number of aliphatic hydroxyl groups is 3. The summed E-state index contributed by atoms with van der Waals surface area (Å²) in [6.07, 6.45) is -2.16. The van der Waals surface area contributed by atoms with E-state index < -0.39 is 60.6 Å². The number of para-hydroxylation sites is 1. The molecule has 3 rings (SSSR count). The fourth-order valence-corrected chi connectivity index (χ4v) is 3.58. The Hall–Kier alpha value is -2.48. The number of carboxylic acid groups (broad SMARTS) is 1. The molecule has 184 valence electrons. The predicted octanol–water partition coefficient (Wildman–Crippen LogP) is -4.61. The summed E-state index contributed by atoms with van der Waals surface area (Å²) in [4.78, 5) is 24.2. The summed E-state index contributed by atoms with van der Waals surface area (Å²) >= 11 is 0. The number of ether oxygens (including phenoxy) is 2. The molecule has 1 aromatic heterocycles. The molecule has 0 saturated carbocycles. The minimum Gasteiger partial charge on any atom is -0.542 e. The Bertz CT molecular complexity index is 1060. The van der Waals surface area contributed by atoms with Crippen LogP contribution in [-0.2, 0) is 14.3 Å². The topological polar surface area (TPSA) is 179 Å². The standard InChI is InChI=1S/C22H28N4O8.Na/c1-11(2)21(30)23-18-14(8-17(22(31)32)34-20(18)19(29)15(28)10-27)26-9-13(24-25-26)12-6-4-5-7-16(12)33-3;/h4-9,11,14-15,18-20,27-29H,10H2,1-3H3,(H,23,30)(H,31,32);/q;+1/p-1/t14-,15+,18+,19+,20+;/m0./s1. The molecule has 0 fully saturated rings. The molecule has 1 aliphatic heterocycles. The fourth-order valence-electron chi connectivity index (χ4n) is 3.58. The normalized spacial score (nSPS) is 21.2. The minimum atomic E-state index is -1.75. The molecule has 0 bridgehead atoms. The first kappa shape index (κ1) is 28.8. The predicted molar refractivity (Wildman–Crippen MR) is 115 cm³/mol. The maximum atomic E-state index is 12.5. The molecule has 5 atom stereocenters. The first-order chi connectivity index (χ1) is 16.2. The van der Waals surface area contributed by atoms with Crippen LogP contribution in [0.2, 0.25) is 0 Å². The van der Waals surface area contributed by atoms with Gasteiger partial charge in [0.1, 0.15) is 41.5 Å². The average molecular weight is 498 g/mol. The molecule has 0 radical (unpaired) electrons. The van der Waals surface area contributed by atoms with Crippen LogP contribution in [0.1, 0.15) is 19.9 Å². The van der Waals surface area contributed by atoms with Crippen LogP contribution in [0.3, 0.4) is 0 Å². The van der Waals surface area contributed by atoms with Gasteiger partial charge in [0.2, 0.25) is 5.91 Å². The first-order valence-corrected chi connectivity index (χ1v) is 10.6. The molecular weight excluding hydrogens is 471 g/mol. The summed E-state index contributed by atoms with van der Waals surface area (Å²) in [5, 5.41) is 52.5. The number of aliphatic carboxylic acids is 1. The van der Waals surface area contributed by atoms with Crippen molar-refractivity contribution in [3.8, 4) is 17.0 Å². The van der Waals surface area contributed by atoms with Crippen molar-refractivity contribution in [2.45, 2.75) is 44.2 Å². The van der Waals surface area contributed by atoms with Crippen LogP contribution in [0.15, 0.2) is 42.3 Å². The molecule has 2 aromatic rings. The summed E-state index contributed by atoms with van der Waals surface area (Å²) in [5.74, 6) is -2.61. The number of aliphatic hydroxyl groups excluding tert-OH is 3. The van der Waals surface area contributed by atoms with E-state index >= 15 is 0 Å². The fraction of sp³-hybridized carbons (Fsp3) is 0.455. The van der Waals surface area contributed by atoms with Gasteiger partial charge in [0, 0.05) is 11.5 Å². The van der Waals surface area contributed by atoms with Crippen LogP contribution in [0.5, 0.6) is 5.75 Å². The second kappa shape index (κ2) is 12.5. The van der Waals surface area contributed by atoms with Gasteiger partial charge in [0.05, 0.1) is 32.0 Å². The molecule has 1 aromatic carbocycles. The number of carboxylic acids is 1. The van der Waals surface area contributed by atoms with Crippen molar-refractivity contribution in [3.63, 3.8) is 0 Å². The SMILES string of the molecule is COc1ccccc1-c1cn([C@H]2C=C(C(=O)[O-])O[C@@H]([C@H](O)[C@H](O)CO)[C@@H]2NC(=O)C(C)C)nn1.[Na+]. The smallest absolute Gasteiger partial charge is 0.542 e. The van der Waals surface area contributed by atoms with E-state index in [4.69, 9.17) is 9.47 Å². The zero-order valence-electron chi connectivity index (χ0n) is 19.9. The van der Waals surface area contributed by atoms with E-state index in [1.54, 1.807) is 38.1 Å². The van der Waals surface area contributed by atoms with Gasteiger partial charge in [-0.2, -0.15) is 0 Å². The Balaban J connectivity index is 0.00000432. The Morgan fingerprint density at radius 3 is 2.57 bits per heavy atom. The average Bonchev–Trinajstić information content (AvgIpc) is 3.32. The quantitative estimate of drug-likeness (QED) is 0.246. The van der Waals surface area contributed by atoms with Gasteiger partial charge >= 0.3 is 29.6 Å². The van der Waals surface area contributed by atoms with E-state index in [-0.39, 0.29) is 29.6 Å². The maximum absolute atomic E-state index is 12.5. The molecule has 0 aliphatic carbocycles. The van der Waals surface area contributed by atoms with Crippen molar-refractivity contribution in [1.29, 1.82) is 0 Å². The van der Waals surface area contributed by atoms with E-state index in [1.165, 1.54) is 24.1 Å². The van der Waals surface area contributed by atoms with Crippen molar-refractivity contribution in [2.24, 2.45) is 5.92 Å². The zero-order chi connectivity index (χ0) is 25.0. The van der Waals surface area contributed by atoms with Gasteiger partial charge in [0.25, 0.3) is 0 Å². The number of carbonyl (C=O) groups is 2. The summed E-state index contributed by atoms with van der Waals surface area (Å²) in [5.41, 5.74) is 1.04. The molecule has 2 heterocycles. The van der Waals surface area contributed by atoms with Crippen LogP contribution in [0.25, 0.3) is 11.3 Å². The molecule has 35 heavy (non-hydrogen) atoms. The number of carbonyl (C=O) groups excluding carboxylic acids is 2. The number of rotatable bonds is 9. The third-order valence-electron chi connectivity index (χ3n) is 5.46. The van der Waals surface area contributed by atoms with Gasteiger partial charge in [-0.25, -0.2) is 4.68 Å². The maximum Gasteiger partial charge on any atom is 1.00 e. The molecule has 0 saturated heterocycles. The van der Waals surface area contributed by atoms with Crippen LogP contribution in [0, 0.1) is 5.92 Å². The third kappa shape index (κ3) is 6.40. The van der Waals surface area contributed by atoms with Crippen molar-refractivity contribution in [2.75, 3.05) is 13.7 Å². The van der Waals surface area contributed by atoms with Crippen LogP contribution >= 0.6 is 0 Å². The van der Waals surface area contributed by atoms with E-state index in [1.807, 2.05) is 0 Å². The number of hydrogen-bond acceptors (Lipinski definition) is 10. The van der Waals surface area contributed by atoms with E-state index in [2.05, 4.69) is 15.6 Å². The monoisotopic (exact) mass is 498 g/mol. The van der Waals surface area contributed by atoms with Crippen LogP contribution in [0.4, 0.5) is 0 Å². The molecule has 1 amide bonds. The largest absolute Gasteiger partial charge is 1.00 e. The number of benzene rings is 1. The van der Waals surface area contributed by atoms with Crippen LogP contribution in [-0.4, -0.2) is 80.3 Å². The summed E-state index contributed by atoms with van der Waals surface area (Å²) in [6.45, 7) is 2.49. The van der Waals surface area contributed by atoms with Gasteiger partial charge in [-0.1, -0.05) is 31.2 Å². The Morgan fingerprint density at radius 2 is 1.97 bits per heavy atom. The number of nitrogens with zero attached hydrogens (tertiary/aromatic N) is 3. The Labute approximate surface area is 223 Å². The van der Waals surface area contributed by atoms with Gasteiger partial charge in [0.15, 0.2) is 0 Å². The van der Waals surface area contributed by atoms with Crippen molar-refractivity contribution < 1.29 is 69.0 Å². The number of nitrogens with one attached hydrogen (secondary N) is 1. The van der Waals surface area contributed by atoms with Crippen molar-refractivity contribution in [3.05, 3.63) is 42.3 Å². The second-order valence-corrected chi connectivity index (χ2v) is 8.11. The Morgan fingerprint density at radius 1 is 1.29 bits per heavy atom. The molecule has 0 unspecified atom stereocenters. The molecule has 1 aliphatic rings. The van der Waals surface area contributed by atoms with Gasteiger partial charge < -0.3 is 40.0 Å².